The van der Waals surface area contributed by atoms with Crippen LogP contribution in [0.4, 0.5) is 0 Å². The molecule has 0 aromatic heterocycles. The fraction of sp³-hybridized carbons (Fsp3) is 0.958. The number of rotatable bonds is 7. The number of hydrogen-bond donors (Lipinski definition) is 0. The van der Waals surface area contributed by atoms with Crippen LogP contribution >= 0.6 is 0 Å². The molecule has 0 aromatic carbocycles. The predicted molar refractivity (Wildman–Crippen MR) is 107 cm³/mol. The lowest BCUT2D eigenvalue weighted by Gasteiger charge is -2.40. The normalized spacial score (nSPS) is 37.2. The largest absolute Gasteiger partial charge is 0.300 e. The van der Waals surface area contributed by atoms with Gasteiger partial charge in [-0.15, -0.1) is 0 Å². The van der Waals surface area contributed by atoms with Gasteiger partial charge < -0.3 is 0 Å². The van der Waals surface area contributed by atoms with Crippen molar-refractivity contribution < 1.29 is 4.79 Å². The molecule has 25 heavy (non-hydrogen) atoms. The maximum atomic E-state index is 11.8. The van der Waals surface area contributed by atoms with E-state index in [9.17, 15) is 4.79 Å². The first kappa shape index (κ1) is 19.4. The smallest absolute Gasteiger partial charge is 0.133 e. The first-order valence-electron chi connectivity index (χ1n) is 11.8. The average Bonchev–Trinajstić information content (AvgIpc) is 2.66. The predicted octanol–water partition coefficient (Wildman–Crippen LogP) is 7.33. The van der Waals surface area contributed by atoms with Gasteiger partial charge in [0.1, 0.15) is 5.78 Å². The molecule has 0 radical (unpaired) electrons. The van der Waals surface area contributed by atoms with E-state index >= 15 is 0 Å². The molecule has 3 aliphatic rings. The Balaban J connectivity index is 1.33. The van der Waals surface area contributed by atoms with Crippen LogP contribution in [0.5, 0.6) is 0 Å². The first-order valence-corrected chi connectivity index (χ1v) is 11.8. The fourth-order valence-corrected chi connectivity index (χ4v) is 6.36. The molecule has 3 aliphatic carbocycles. The van der Waals surface area contributed by atoms with Gasteiger partial charge in [-0.1, -0.05) is 51.9 Å². The summed E-state index contributed by atoms with van der Waals surface area (Å²) in [6, 6.07) is 0. The van der Waals surface area contributed by atoms with Crippen LogP contribution in [0.25, 0.3) is 0 Å². The Morgan fingerprint density at radius 1 is 0.720 bits per heavy atom. The Bertz CT molecular complexity index is 385. The standard InChI is InChI=1S/C24H42O/c1-2-3-4-5-7-19-10-12-20(13-11-19)21-14-16-22(17-15-21)23-8-6-9-24(25)18-23/h19-23H,2-18H2,1H3. The van der Waals surface area contributed by atoms with Gasteiger partial charge in [-0.3, -0.25) is 4.79 Å². The third-order valence-electron chi connectivity index (χ3n) is 8.03. The van der Waals surface area contributed by atoms with Crippen molar-refractivity contribution in [2.45, 2.75) is 116 Å². The van der Waals surface area contributed by atoms with E-state index < -0.39 is 0 Å². The highest BCUT2D eigenvalue weighted by Gasteiger charge is 2.34. The van der Waals surface area contributed by atoms with E-state index in [1.807, 2.05) is 0 Å². The summed E-state index contributed by atoms with van der Waals surface area (Å²) in [5.41, 5.74) is 0. The molecule has 3 rings (SSSR count). The summed E-state index contributed by atoms with van der Waals surface area (Å²) in [6.07, 6.45) is 23.4. The molecule has 0 heterocycles. The molecule has 0 amide bonds. The van der Waals surface area contributed by atoms with Gasteiger partial charge in [0.15, 0.2) is 0 Å². The topological polar surface area (TPSA) is 17.1 Å². The van der Waals surface area contributed by atoms with Gasteiger partial charge in [0, 0.05) is 12.8 Å². The second kappa shape index (κ2) is 10.1. The lowest BCUT2D eigenvalue weighted by Crippen LogP contribution is -2.30. The molecule has 0 saturated heterocycles. The van der Waals surface area contributed by atoms with Gasteiger partial charge in [-0.2, -0.15) is 0 Å². The number of unbranched alkanes of at least 4 members (excludes halogenated alkanes) is 3. The molecule has 3 saturated carbocycles. The summed E-state index contributed by atoms with van der Waals surface area (Å²) in [5.74, 6) is 5.31. The summed E-state index contributed by atoms with van der Waals surface area (Å²) in [5, 5.41) is 0. The van der Waals surface area contributed by atoms with Crippen LogP contribution in [0.2, 0.25) is 0 Å². The molecule has 1 atom stereocenters. The van der Waals surface area contributed by atoms with Crippen LogP contribution in [0.3, 0.4) is 0 Å². The van der Waals surface area contributed by atoms with Crippen LogP contribution in [-0.4, -0.2) is 5.78 Å². The zero-order chi connectivity index (χ0) is 17.5. The molecule has 1 nitrogen and oxygen atoms in total. The summed E-state index contributed by atoms with van der Waals surface area (Å²) in [7, 11) is 0. The molecule has 0 spiro atoms. The molecular weight excluding hydrogens is 304 g/mol. The summed E-state index contributed by atoms with van der Waals surface area (Å²) in [4.78, 5) is 11.8. The van der Waals surface area contributed by atoms with Gasteiger partial charge in [0.2, 0.25) is 0 Å². The van der Waals surface area contributed by atoms with E-state index in [0.29, 0.717) is 5.78 Å². The van der Waals surface area contributed by atoms with E-state index in [2.05, 4.69) is 6.92 Å². The quantitative estimate of drug-likeness (QED) is 0.441. The van der Waals surface area contributed by atoms with Crippen molar-refractivity contribution in [3.05, 3.63) is 0 Å². The minimum absolute atomic E-state index is 0.552. The molecule has 0 aromatic rings. The Morgan fingerprint density at radius 2 is 1.32 bits per heavy atom. The van der Waals surface area contributed by atoms with Gasteiger partial charge >= 0.3 is 0 Å². The Labute approximate surface area is 156 Å². The highest BCUT2D eigenvalue weighted by Crippen LogP contribution is 2.45. The van der Waals surface area contributed by atoms with E-state index in [1.165, 1.54) is 96.3 Å². The molecule has 0 aliphatic heterocycles. The van der Waals surface area contributed by atoms with E-state index in [4.69, 9.17) is 0 Å². The molecule has 1 unspecified atom stereocenters. The molecule has 3 fully saturated rings. The van der Waals surface area contributed by atoms with E-state index in [-0.39, 0.29) is 0 Å². The van der Waals surface area contributed by atoms with Crippen molar-refractivity contribution in [1.29, 1.82) is 0 Å². The zero-order valence-electron chi connectivity index (χ0n) is 16.8. The minimum Gasteiger partial charge on any atom is -0.300 e. The minimum atomic E-state index is 0.552. The van der Waals surface area contributed by atoms with Crippen molar-refractivity contribution >= 4 is 5.78 Å². The van der Waals surface area contributed by atoms with Gasteiger partial charge in [-0.05, 0) is 81.0 Å². The molecule has 1 heteroatoms. The van der Waals surface area contributed by atoms with Gasteiger partial charge in [0.25, 0.3) is 0 Å². The maximum absolute atomic E-state index is 11.8. The Hall–Kier alpha value is -0.330. The van der Waals surface area contributed by atoms with Crippen molar-refractivity contribution in [3.8, 4) is 0 Å². The summed E-state index contributed by atoms with van der Waals surface area (Å²) in [6.45, 7) is 2.31. The molecule has 144 valence electrons. The van der Waals surface area contributed by atoms with Gasteiger partial charge in [-0.25, -0.2) is 0 Å². The zero-order valence-corrected chi connectivity index (χ0v) is 16.8. The first-order chi connectivity index (χ1) is 12.3. The lowest BCUT2D eigenvalue weighted by atomic mass is 9.65. The van der Waals surface area contributed by atoms with Crippen LogP contribution in [0.1, 0.15) is 116 Å². The second-order valence-electron chi connectivity index (χ2n) is 9.70. The van der Waals surface area contributed by atoms with Crippen molar-refractivity contribution in [2.24, 2.45) is 29.6 Å². The lowest BCUT2D eigenvalue weighted by molar-refractivity contribution is -0.122. The SMILES string of the molecule is CCCCCCC1CCC(C2CCC(C3CCCC(=O)C3)CC2)CC1. The van der Waals surface area contributed by atoms with Crippen LogP contribution in [0, 0.1) is 29.6 Å². The number of hydrogen-bond acceptors (Lipinski definition) is 1. The van der Waals surface area contributed by atoms with Gasteiger partial charge in [0.05, 0.1) is 0 Å². The monoisotopic (exact) mass is 346 g/mol. The van der Waals surface area contributed by atoms with Crippen LogP contribution in [-0.2, 0) is 4.79 Å². The van der Waals surface area contributed by atoms with Crippen molar-refractivity contribution in [3.63, 3.8) is 0 Å². The number of Topliss-reactive ketones (excluding diaryl/α,β-unsaturated/α-hetero) is 1. The highest BCUT2D eigenvalue weighted by molar-refractivity contribution is 5.79. The molecule has 0 N–H and O–H groups in total. The summed E-state index contributed by atoms with van der Waals surface area (Å²) < 4.78 is 0. The third-order valence-corrected chi connectivity index (χ3v) is 8.03. The van der Waals surface area contributed by atoms with E-state index in [1.54, 1.807) is 0 Å². The van der Waals surface area contributed by atoms with Crippen molar-refractivity contribution in [1.82, 2.24) is 0 Å². The molecular formula is C24H42O. The number of carbonyl (C=O) groups is 1. The van der Waals surface area contributed by atoms with Crippen molar-refractivity contribution in [2.75, 3.05) is 0 Å². The summed E-state index contributed by atoms with van der Waals surface area (Å²) >= 11 is 0. The molecule has 0 bridgehead atoms. The maximum Gasteiger partial charge on any atom is 0.133 e. The Kier molecular flexibility index (Phi) is 7.87. The van der Waals surface area contributed by atoms with E-state index in [0.717, 1.165) is 42.4 Å². The average molecular weight is 347 g/mol. The fourth-order valence-electron chi connectivity index (χ4n) is 6.36. The van der Waals surface area contributed by atoms with Crippen LogP contribution < -0.4 is 0 Å². The highest BCUT2D eigenvalue weighted by atomic mass is 16.1. The second-order valence-corrected chi connectivity index (χ2v) is 9.70. The number of ketones is 1. The Morgan fingerprint density at radius 3 is 1.92 bits per heavy atom. The number of carbonyl (C=O) groups excluding carboxylic acids is 1. The third kappa shape index (κ3) is 5.83. The van der Waals surface area contributed by atoms with Crippen LogP contribution in [0.15, 0.2) is 0 Å².